The van der Waals surface area contributed by atoms with Crippen LogP contribution in [0.3, 0.4) is 0 Å². The van der Waals surface area contributed by atoms with Crippen LogP contribution in [0.5, 0.6) is 5.75 Å². The molecule has 1 amide bonds. The molecule has 6 nitrogen and oxygen atoms in total. The lowest BCUT2D eigenvalue weighted by molar-refractivity contribution is -0.115. The molecule has 4 aromatic rings. The molecular formula is C28H24N4O2S. The van der Waals surface area contributed by atoms with E-state index in [0.29, 0.717) is 22.8 Å². The first kappa shape index (κ1) is 24.0. The van der Waals surface area contributed by atoms with E-state index in [1.54, 1.807) is 25.4 Å². The molecule has 0 aliphatic carbocycles. The van der Waals surface area contributed by atoms with Gasteiger partial charge in [0.2, 0.25) is 5.91 Å². The van der Waals surface area contributed by atoms with Crippen LogP contribution in [0.2, 0.25) is 0 Å². The Morgan fingerprint density at radius 2 is 1.80 bits per heavy atom. The highest BCUT2D eigenvalue weighted by Gasteiger charge is 2.23. The van der Waals surface area contributed by atoms with Crippen LogP contribution in [0.25, 0.3) is 22.4 Å². The van der Waals surface area contributed by atoms with Gasteiger partial charge in [-0.25, -0.2) is 9.97 Å². The van der Waals surface area contributed by atoms with Gasteiger partial charge in [0.05, 0.1) is 23.6 Å². The number of rotatable bonds is 8. The van der Waals surface area contributed by atoms with Crippen molar-refractivity contribution in [2.24, 2.45) is 0 Å². The number of carbonyl (C=O) groups is 1. The third-order valence-corrected chi connectivity index (χ3v) is 6.75. The van der Waals surface area contributed by atoms with Gasteiger partial charge in [-0.2, -0.15) is 5.26 Å². The molecule has 2 heterocycles. The molecule has 0 aliphatic heterocycles. The maximum absolute atomic E-state index is 13.0. The lowest BCUT2D eigenvalue weighted by atomic mass is 9.99. The predicted octanol–water partition coefficient (Wildman–Crippen LogP) is 6.20. The largest absolute Gasteiger partial charge is 0.497 e. The zero-order valence-electron chi connectivity index (χ0n) is 19.4. The summed E-state index contributed by atoms with van der Waals surface area (Å²) in [5.41, 5.74) is 3.72. The van der Waals surface area contributed by atoms with E-state index < -0.39 is 5.25 Å². The highest BCUT2D eigenvalue weighted by Crippen LogP contribution is 2.37. The van der Waals surface area contributed by atoms with Crippen LogP contribution in [-0.4, -0.2) is 28.2 Å². The van der Waals surface area contributed by atoms with Gasteiger partial charge < -0.3 is 10.1 Å². The highest BCUT2D eigenvalue weighted by atomic mass is 32.2. The SMILES string of the molecule is CCC(Sc1nc(-c2ccccc2)cc(-c2ccc(OC)cc2)c1C#N)C(=O)Nc1ccccn1. The quantitative estimate of drug-likeness (QED) is 0.302. The van der Waals surface area contributed by atoms with E-state index in [0.717, 1.165) is 28.1 Å². The lowest BCUT2D eigenvalue weighted by Gasteiger charge is -2.17. The number of pyridine rings is 2. The topological polar surface area (TPSA) is 87.9 Å². The minimum atomic E-state index is -0.452. The van der Waals surface area contributed by atoms with Crippen LogP contribution >= 0.6 is 11.8 Å². The minimum absolute atomic E-state index is 0.182. The Balaban J connectivity index is 1.76. The fraction of sp³-hybridized carbons (Fsp3) is 0.143. The molecule has 0 fully saturated rings. The van der Waals surface area contributed by atoms with Crippen molar-refractivity contribution >= 4 is 23.5 Å². The number of methoxy groups -OCH3 is 1. The van der Waals surface area contributed by atoms with Crippen molar-refractivity contribution in [3.8, 4) is 34.2 Å². The molecule has 1 unspecified atom stereocenters. The number of nitrogens with one attached hydrogen (secondary N) is 1. The smallest absolute Gasteiger partial charge is 0.239 e. The number of amides is 1. The first-order chi connectivity index (χ1) is 17.1. The van der Waals surface area contributed by atoms with E-state index >= 15 is 0 Å². The zero-order chi connectivity index (χ0) is 24.6. The summed E-state index contributed by atoms with van der Waals surface area (Å²) in [5.74, 6) is 1.04. The summed E-state index contributed by atoms with van der Waals surface area (Å²) >= 11 is 1.29. The van der Waals surface area contributed by atoms with Crippen LogP contribution in [0.4, 0.5) is 5.82 Å². The predicted molar refractivity (Wildman–Crippen MR) is 139 cm³/mol. The van der Waals surface area contributed by atoms with Crippen molar-refractivity contribution in [2.75, 3.05) is 12.4 Å². The number of benzene rings is 2. The van der Waals surface area contributed by atoms with Crippen molar-refractivity contribution in [2.45, 2.75) is 23.6 Å². The first-order valence-electron chi connectivity index (χ1n) is 11.2. The van der Waals surface area contributed by atoms with Gasteiger partial charge in [-0.15, -0.1) is 0 Å². The second kappa shape index (κ2) is 11.3. The minimum Gasteiger partial charge on any atom is -0.497 e. The number of hydrogen-bond donors (Lipinski definition) is 1. The van der Waals surface area contributed by atoms with Crippen LogP contribution in [0, 0.1) is 11.3 Å². The molecule has 0 spiro atoms. The molecule has 1 N–H and O–H groups in total. The van der Waals surface area contributed by atoms with Gasteiger partial charge in [0, 0.05) is 17.3 Å². The fourth-order valence-electron chi connectivity index (χ4n) is 3.57. The Bertz CT molecular complexity index is 1340. The summed E-state index contributed by atoms with van der Waals surface area (Å²) in [4.78, 5) is 22.0. The number of nitriles is 1. The fourth-order valence-corrected chi connectivity index (χ4v) is 4.60. The van der Waals surface area contributed by atoms with Crippen molar-refractivity contribution in [1.29, 1.82) is 5.26 Å². The number of aromatic nitrogens is 2. The number of carbonyl (C=O) groups excluding carboxylic acids is 1. The third kappa shape index (κ3) is 5.68. The van der Waals surface area contributed by atoms with Gasteiger partial charge in [-0.05, 0) is 42.3 Å². The molecule has 35 heavy (non-hydrogen) atoms. The molecule has 0 bridgehead atoms. The molecule has 2 aromatic carbocycles. The number of thioether (sulfide) groups is 1. The molecule has 2 aromatic heterocycles. The average molecular weight is 481 g/mol. The summed E-state index contributed by atoms with van der Waals surface area (Å²) in [7, 11) is 1.62. The van der Waals surface area contributed by atoms with Gasteiger partial charge >= 0.3 is 0 Å². The molecule has 0 saturated carbocycles. The lowest BCUT2D eigenvalue weighted by Crippen LogP contribution is -2.25. The van der Waals surface area contributed by atoms with Gasteiger partial charge in [0.1, 0.15) is 22.7 Å². The Kier molecular flexibility index (Phi) is 7.76. The van der Waals surface area contributed by atoms with E-state index in [2.05, 4.69) is 16.4 Å². The maximum Gasteiger partial charge on any atom is 0.239 e. The van der Waals surface area contributed by atoms with Crippen molar-refractivity contribution in [3.05, 3.63) is 90.6 Å². The number of hydrogen-bond acceptors (Lipinski definition) is 6. The Morgan fingerprint density at radius 3 is 2.43 bits per heavy atom. The van der Waals surface area contributed by atoms with E-state index in [1.807, 2.05) is 73.7 Å². The molecule has 7 heteroatoms. The summed E-state index contributed by atoms with van der Waals surface area (Å²) in [6.45, 7) is 1.94. The molecule has 0 radical (unpaired) electrons. The van der Waals surface area contributed by atoms with Gasteiger partial charge in [0.15, 0.2) is 0 Å². The van der Waals surface area contributed by atoms with Crippen molar-refractivity contribution in [3.63, 3.8) is 0 Å². The second-order valence-electron chi connectivity index (χ2n) is 7.66. The average Bonchev–Trinajstić information content (AvgIpc) is 2.92. The van der Waals surface area contributed by atoms with E-state index in [-0.39, 0.29) is 5.91 Å². The number of anilines is 1. The number of nitrogens with zero attached hydrogens (tertiary/aromatic N) is 3. The summed E-state index contributed by atoms with van der Waals surface area (Å²) in [6, 6.07) is 27.0. The van der Waals surface area contributed by atoms with Gasteiger partial charge in [-0.3, -0.25) is 4.79 Å². The summed E-state index contributed by atoms with van der Waals surface area (Å²) in [5, 5.41) is 13.1. The van der Waals surface area contributed by atoms with E-state index in [1.165, 1.54) is 11.8 Å². The second-order valence-corrected chi connectivity index (χ2v) is 8.85. The Labute approximate surface area is 209 Å². The van der Waals surface area contributed by atoms with Gasteiger partial charge in [0.25, 0.3) is 0 Å². The first-order valence-corrected chi connectivity index (χ1v) is 12.0. The molecule has 0 aliphatic rings. The summed E-state index contributed by atoms with van der Waals surface area (Å²) < 4.78 is 5.29. The Hall–Kier alpha value is -4.15. The molecule has 0 saturated heterocycles. The van der Waals surface area contributed by atoms with Gasteiger partial charge in [-0.1, -0.05) is 67.2 Å². The van der Waals surface area contributed by atoms with Crippen LogP contribution in [0.1, 0.15) is 18.9 Å². The standard InChI is InChI=1S/C28H24N4O2S/c1-3-25(27(33)32-26-11-7-8-16-30-26)35-28-23(18-29)22(19-12-14-21(34-2)15-13-19)17-24(31-28)20-9-5-4-6-10-20/h4-17,25H,3H2,1-2H3,(H,30,32,33). The molecule has 1 atom stereocenters. The highest BCUT2D eigenvalue weighted by molar-refractivity contribution is 8.00. The monoisotopic (exact) mass is 480 g/mol. The normalized spacial score (nSPS) is 11.3. The van der Waals surface area contributed by atoms with Crippen LogP contribution in [0.15, 0.2) is 90.1 Å². The molecule has 4 rings (SSSR count). The maximum atomic E-state index is 13.0. The molecular weight excluding hydrogens is 456 g/mol. The summed E-state index contributed by atoms with van der Waals surface area (Å²) in [6.07, 6.45) is 2.19. The Morgan fingerprint density at radius 1 is 1.06 bits per heavy atom. The van der Waals surface area contributed by atoms with E-state index in [4.69, 9.17) is 9.72 Å². The zero-order valence-corrected chi connectivity index (χ0v) is 20.3. The van der Waals surface area contributed by atoms with Crippen molar-refractivity contribution in [1.82, 2.24) is 9.97 Å². The number of ether oxygens (including phenoxy) is 1. The third-order valence-electron chi connectivity index (χ3n) is 5.40. The van der Waals surface area contributed by atoms with Crippen LogP contribution in [-0.2, 0) is 4.79 Å². The van der Waals surface area contributed by atoms with Crippen LogP contribution < -0.4 is 10.1 Å². The van der Waals surface area contributed by atoms with E-state index in [9.17, 15) is 10.1 Å². The molecule has 174 valence electrons. The van der Waals surface area contributed by atoms with Crippen molar-refractivity contribution < 1.29 is 9.53 Å².